The molecule has 0 saturated carbocycles. The highest BCUT2D eigenvalue weighted by Gasteiger charge is 2.26. The molecular weight excluding hydrogens is 364 g/mol. The van der Waals surface area contributed by atoms with Crippen molar-refractivity contribution in [2.45, 2.75) is 33.9 Å². The van der Waals surface area contributed by atoms with Gasteiger partial charge in [0.05, 0.1) is 29.7 Å². The normalized spacial score (nSPS) is 13.5. The Labute approximate surface area is 169 Å². The number of rotatable bonds is 3. The molecule has 1 aliphatic rings. The molecule has 0 spiro atoms. The molecule has 7 heteroatoms. The zero-order valence-electron chi connectivity index (χ0n) is 17.0. The number of amides is 1. The summed E-state index contributed by atoms with van der Waals surface area (Å²) in [5, 5.41) is 13.8. The molecule has 29 heavy (non-hydrogen) atoms. The second-order valence-corrected chi connectivity index (χ2v) is 8.57. The largest absolute Gasteiger partial charge is 0.336 e. The Balaban J connectivity index is 1.81. The van der Waals surface area contributed by atoms with Crippen LogP contribution in [0.1, 0.15) is 42.5 Å². The molecule has 0 radical (unpaired) electrons. The standard InChI is InChI=1S/C22H22N6O/c1-22(2,3)13-28-11-15(10-25-28)17-6-5-16(8-23)26-20(17)14-7-18-19(24-9-14)12-27(4)21(18)29/h5-7,9-11H,12-13H2,1-4H3. The van der Waals surface area contributed by atoms with E-state index in [1.54, 1.807) is 30.4 Å². The third-order valence-electron chi connectivity index (χ3n) is 4.80. The Kier molecular flexibility index (Phi) is 4.42. The molecule has 0 unspecified atom stereocenters. The first kappa shape index (κ1) is 18.8. The molecule has 1 amide bonds. The fraction of sp³-hybridized carbons (Fsp3) is 0.318. The first-order valence-electron chi connectivity index (χ1n) is 9.44. The fourth-order valence-corrected chi connectivity index (χ4v) is 3.49. The maximum absolute atomic E-state index is 12.4. The average Bonchev–Trinajstić information content (AvgIpc) is 3.24. The van der Waals surface area contributed by atoms with Crippen molar-refractivity contribution in [2.24, 2.45) is 5.41 Å². The van der Waals surface area contributed by atoms with Crippen LogP contribution in [-0.2, 0) is 13.1 Å². The molecule has 4 rings (SSSR count). The molecule has 0 saturated heterocycles. The van der Waals surface area contributed by atoms with Crippen LogP contribution in [0.5, 0.6) is 0 Å². The molecule has 0 N–H and O–H groups in total. The maximum Gasteiger partial charge on any atom is 0.255 e. The van der Waals surface area contributed by atoms with Gasteiger partial charge >= 0.3 is 0 Å². The van der Waals surface area contributed by atoms with Crippen molar-refractivity contribution in [3.63, 3.8) is 0 Å². The molecule has 0 aromatic carbocycles. The first-order valence-corrected chi connectivity index (χ1v) is 9.44. The van der Waals surface area contributed by atoms with Crippen LogP contribution in [0.25, 0.3) is 22.4 Å². The zero-order chi connectivity index (χ0) is 20.8. The van der Waals surface area contributed by atoms with E-state index in [9.17, 15) is 10.1 Å². The van der Waals surface area contributed by atoms with Gasteiger partial charge in [-0.1, -0.05) is 20.8 Å². The van der Waals surface area contributed by atoms with Crippen LogP contribution >= 0.6 is 0 Å². The highest BCUT2D eigenvalue weighted by molar-refractivity contribution is 5.99. The van der Waals surface area contributed by atoms with E-state index in [0.717, 1.165) is 23.4 Å². The number of pyridine rings is 2. The third-order valence-corrected chi connectivity index (χ3v) is 4.80. The smallest absolute Gasteiger partial charge is 0.255 e. The fourth-order valence-electron chi connectivity index (χ4n) is 3.49. The Hall–Kier alpha value is -3.53. The first-order chi connectivity index (χ1) is 13.7. The van der Waals surface area contributed by atoms with E-state index in [0.29, 0.717) is 29.1 Å². The van der Waals surface area contributed by atoms with E-state index in [4.69, 9.17) is 0 Å². The number of hydrogen-bond acceptors (Lipinski definition) is 5. The summed E-state index contributed by atoms with van der Waals surface area (Å²) in [6.07, 6.45) is 5.51. The van der Waals surface area contributed by atoms with E-state index in [-0.39, 0.29) is 11.3 Å². The predicted octanol–water partition coefficient (Wildman–Crippen LogP) is 3.51. The molecular formula is C22H22N6O. The monoisotopic (exact) mass is 386 g/mol. The Morgan fingerprint density at radius 1 is 1.17 bits per heavy atom. The van der Waals surface area contributed by atoms with Gasteiger partial charge in [0.25, 0.3) is 5.91 Å². The molecule has 146 valence electrons. The Morgan fingerprint density at radius 2 is 1.97 bits per heavy atom. The Morgan fingerprint density at radius 3 is 2.69 bits per heavy atom. The summed E-state index contributed by atoms with van der Waals surface area (Å²) in [7, 11) is 1.76. The number of nitriles is 1. The molecule has 1 aliphatic heterocycles. The second-order valence-electron chi connectivity index (χ2n) is 8.57. The average molecular weight is 386 g/mol. The lowest BCUT2D eigenvalue weighted by Gasteiger charge is -2.17. The van der Waals surface area contributed by atoms with Crippen LogP contribution in [0, 0.1) is 16.7 Å². The highest BCUT2D eigenvalue weighted by atomic mass is 16.2. The lowest BCUT2D eigenvalue weighted by Crippen LogP contribution is -2.17. The number of carbonyl (C=O) groups is 1. The molecule has 0 fully saturated rings. The molecule has 3 aromatic rings. The lowest BCUT2D eigenvalue weighted by molar-refractivity contribution is 0.0816. The highest BCUT2D eigenvalue weighted by Crippen LogP contribution is 2.33. The van der Waals surface area contributed by atoms with Gasteiger partial charge in [0, 0.05) is 42.7 Å². The van der Waals surface area contributed by atoms with Gasteiger partial charge in [-0.25, -0.2) is 4.98 Å². The van der Waals surface area contributed by atoms with Crippen LogP contribution in [-0.4, -0.2) is 37.6 Å². The molecule has 3 aromatic heterocycles. The number of nitrogens with zero attached hydrogens (tertiary/aromatic N) is 6. The summed E-state index contributed by atoms with van der Waals surface area (Å²) in [6, 6.07) is 7.48. The van der Waals surface area contributed by atoms with Gasteiger partial charge in [-0.2, -0.15) is 10.4 Å². The van der Waals surface area contributed by atoms with Crippen molar-refractivity contribution in [2.75, 3.05) is 7.05 Å². The summed E-state index contributed by atoms with van der Waals surface area (Å²) in [6.45, 7) is 7.77. The van der Waals surface area contributed by atoms with Crippen LogP contribution in [0.3, 0.4) is 0 Å². The molecule has 0 atom stereocenters. The summed E-state index contributed by atoms with van der Waals surface area (Å²) in [5.41, 5.74) is 4.86. The molecule has 0 aliphatic carbocycles. The Bertz CT molecular complexity index is 1150. The van der Waals surface area contributed by atoms with Gasteiger partial charge in [0.2, 0.25) is 0 Å². The van der Waals surface area contributed by atoms with Gasteiger partial charge in [-0.05, 0) is 23.6 Å². The zero-order valence-corrected chi connectivity index (χ0v) is 17.0. The second kappa shape index (κ2) is 6.82. The minimum atomic E-state index is -0.0506. The lowest BCUT2D eigenvalue weighted by atomic mass is 9.97. The third kappa shape index (κ3) is 3.61. The van der Waals surface area contributed by atoms with Gasteiger partial charge in [0.15, 0.2) is 0 Å². The van der Waals surface area contributed by atoms with Crippen LogP contribution in [0.4, 0.5) is 0 Å². The molecule has 7 nitrogen and oxygen atoms in total. The predicted molar refractivity (Wildman–Crippen MR) is 109 cm³/mol. The van der Waals surface area contributed by atoms with E-state index in [2.05, 4.69) is 41.9 Å². The quantitative estimate of drug-likeness (QED) is 0.687. The van der Waals surface area contributed by atoms with Crippen molar-refractivity contribution in [1.29, 1.82) is 5.26 Å². The summed E-state index contributed by atoms with van der Waals surface area (Å²) < 4.78 is 1.91. The number of carbonyl (C=O) groups excluding carboxylic acids is 1. The summed E-state index contributed by atoms with van der Waals surface area (Å²) in [5.74, 6) is -0.0506. The summed E-state index contributed by atoms with van der Waals surface area (Å²) >= 11 is 0. The molecule has 4 heterocycles. The van der Waals surface area contributed by atoms with Gasteiger partial charge in [-0.3, -0.25) is 14.5 Å². The van der Waals surface area contributed by atoms with Crippen molar-refractivity contribution < 1.29 is 4.79 Å². The SMILES string of the molecule is CN1Cc2ncc(-c3nc(C#N)ccc3-c3cnn(CC(C)(C)C)c3)cc2C1=O. The number of hydrogen-bond donors (Lipinski definition) is 0. The van der Waals surface area contributed by atoms with Gasteiger partial charge in [-0.15, -0.1) is 0 Å². The number of fused-ring (bicyclic) bond motifs is 1. The van der Waals surface area contributed by atoms with Crippen molar-refractivity contribution in [1.82, 2.24) is 24.6 Å². The van der Waals surface area contributed by atoms with Gasteiger partial charge in [0.1, 0.15) is 11.8 Å². The minimum absolute atomic E-state index is 0.0506. The topological polar surface area (TPSA) is 87.7 Å². The minimum Gasteiger partial charge on any atom is -0.336 e. The van der Waals surface area contributed by atoms with Crippen molar-refractivity contribution in [3.05, 3.63) is 53.7 Å². The van der Waals surface area contributed by atoms with Crippen molar-refractivity contribution >= 4 is 5.91 Å². The van der Waals surface area contributed by atoms with E-state index < -0.39 is 0 Å². The van der Waals surface area contributed by atoms with E-state index in [1.807, 2.05) is 23.0 Å². The number of aromatic nitrogens is 4. The van der Waals surface area contributed by atoms with Crippen molar-refractivity contribution in [3.8, 4) is 28.5 Å². The van der Waals surface area contributed by atoms with E-state index >= 15 is 0 Å². The van der Waals surface area contributed by atoms with Crippen LogP contribution < -0.4 is 0 Å². The maximum atomic E-state index is 12.4. The van der Waals surface area contributed by atoms with Gasteiger partial charge < -0.3 is 4.90 Å². The van der Waals surface area contributed by atoms with Crippen LogP contribution in [0.15, 0.2) is 36.8 Å². The molecule has 0 bridgehead atoms. The van der Waals surface area contributed by atoms with Crippen LogP contribution in [0.2, 0.25) is 0 Å². The van der Waals surface area contributed by atoms with E-state index in [1.165, 1.54) is 0 Å². The summed E-state index contributed by atoms with van der Waals surface area (Å²) in [4.78, 5) is 23.0.